The van der Waals surface area contributed by atoms with Gasteiger partial charge in [-0.25, -0.2) is 0 Å². The lowest BCUT2D eigenvalue weighted by Gasteiger charge is -2.36. The van der Waals surface area contributed by atoms with Crippen molar-refractivity contribution in [1.29, 1.82) is 0 Å². The van der Waals surface area contributed by atoms with Crippen LogP contribution < -0.4 is 5.32 Å². The Bertz CT molecular complexity index is 418. The lowest BCUT2D eigenvalue weighted by atomic mass is 9.97. The molecule has 1 N–H and O–H groups in total. The minimum atomic E-state index is -0.568. The van der Waals surface area contributed by atoms with Crippen LogP contribution in [0.15, 0.2) is 30.3 Å². The van der Waals surface area contributed by atoms with E-state index in [1.54, 1.807) is 4.90 Å². The molecule has 0 atom stereocenters. The molecule has 1 aromatic carbocycles. The van der Waals surface area contributed by atoms with Crippen LogP contribution in [0.2, 0.25) is 0 Å². The number of hydrogen-bond donors (Lipinski definition) is 1. The van der Waals surface area contributed by atoms with Gasteiger partial charge in [0, 0.05) is 19.1 Å². The predicted octanol–water partition coefficient (Wildman–Crippen LogP) is 2.81. The summed E-state index contributed by atoms with van der Waals surface area (Å²) in [5.41, 5.74) is 0.485. The van der Waals surface area contributed by atoms with Gasteiger partial charge in [0.2, 0.25) is 5.91 Å². The minimum absolute atomic E-state index is 0.0905. The summed E-state index contributed by atoms with van der Waals surface area (Å²) in [6.07, 6.45) is 0. The summed E-state index contributed by atoms with van der Waals surface area (Å²) < 4.78 is 0. The van der Waals surface area contributed by atoms with Gasteiger partial charge in [0.05, 0.1) is 5.54 Å². The van der Waals surface area contributed by atoms with E-state index in [0.29, 0.717) is 6.54 Å². The summed E-state index contributed by atoms with van der Waals surface area (Å²) in [6.45, 7) is 10.7. The summed E-state index contributed by atoms with van der Waals surface area (Å²) in [6, 6.07) is 10.0. The van der Waals surface area contributed by atoms with Gasteiger partial charge in [-0.15, -0.1) is 0 Å². The molecule has 0 fully saturated rings. The molecule has 0 spiro atoms. The number of benzene rings is 1. The smallest absolute Gasteiger partial charge is 0.242 e. The zero-order valence-electron chi connectivity index (χ0n) is 12.9. The van der Waals surface area contributed by atoms with Crippen LogP contribution in [0.4, 0.5) is 0 Å². The number of amides is 1. The highest BCUT2D eigenvalue weighted by Crippen LogP contribution is 2.15. The molecule has 0 aromatic heterocycles. The molecule has 0 aliphatic heterocycles. The molecule has 19 heavy (non-hydrogen) atoms. The van der Waals surface area contributed by atoms with E-state index in [1.807, 2.05) is 51.2 Å². The SMILES string of the molecule is CN(Cc1ccccc1)C(=O)C(C)(C)NC(C)(C)C. The summed E-state index contributed by atoms with van der Waals surface area (Å²) in [7, 11) is 1.85. The Morgan fingerprint density at radius 1 is 1.11 bits per heavy atom. The quantitative estimate of drug-likeness (QED) is 0.905. The lowest BCUT2D eigenvalue weighted by molar-refractivity contribution is -0.137. The fourth-order valence-corrected chi connectivity index (χ4v) is 2.40. The second-order valence-electron chi connectivity index (χ2n) is 6.65. The third-order valence-electron chi connectivity index (χ3n) is 2.83. The number of carbonyl (C=O) groups is 1. The van der Waals surface area contributed by atoms with Crippen LogP contribution in [0.1, 0.15) is 40.2 Å². The van der Waals surface area contributed by atoms with Crippen LogP contribution in [0.5, 0.6) is 0 Å². The molecule has 0 heterocycles. The molecule has 0 aliphatic rings. The molecule has 3 heteroatoms. The number of hydrogen-bond acceptors (Lipinski definition) is 2. The maximum absolute atomic E-state index is 12.5. The molecule has 0 aliphatic carbocycles. The zero-order valence-corrected chi connectivity index (χ0v) is 12.9. The number of nitrogens with one attached hydrogen (secondary N) is 1. The van der Waals surface area contributed by atoms with E-state index in [9.17, 15) is 4.79 Å². The Balaban J connectivity index is 2.71. The Kier molecular flexibility index (Phi) is 4.75. The van der Waals surface area contributed by atoms with Crippen LogP contribution >= 0.6 is 0 Å². The highest BCUT2D eigenvalue weighted by molar-refractivity contribution is 5.85. The topological polar surface area (TPSA) is 32.3 Å². The van der Waals surface area contributed by atoms with Crippen molar-refractivity contribution in [3.63, 3.8) is 0 Å². The summed E-state index contributed by atoms with van der Waals surface area (Å²) in [5, 5.41) is 3.37. The van der Waals surface area contributed by atoms with E-state index in [0.717, 1.165) is 5.56 Å². The van der Waals surface area contributed by atoms with Crippen LogP contribution in [0.3, 0.4) is 0 Å². The second kappa shape index (κ2) is 5.74. The number of likely N-dealkylation sites (N-methyl/N-ethyl adjacent to an activating group) is 1. The first kappa shape index (κ1) is 15.7. The van der Waals surface area contributed by atoms with Crippen LogP contribution in [-0.4, -0.2) is 28.9 Å². The highest BCUT2D eigenvalue weighted by atomic mass is 16.2. The van der Waals surface area contributed by atoms with Crippen molar-refractivity contribution in [1.82, 2.24) is 10.2 Å². The average Bonchev–Trinajstić information content (AvgIpc) is 2.26. The Morgan fingerprint density at radius 2 is 1.63 bits per heavy atom. The molecule has 0 saturated carbocycles. The maximum atomic E-state index is 12.5. The normalized spacial score (nSPS) is 12.3. The van der Waals surface area contributed by atoms with Crippen molar-refractivity contribution < 1.29 is 4.79 Å². The molecule has 1 amide bonds. The maximum Gasteiger partial charge on any atom is 0.242 e. The van der Waals surface area contributed by atoms with Gasteiger partial charge in [-0.05, 0) is 40.2 Å². The largest absolute Gasteiger partial charge is 0.340 e. The van der Waals surface area contributed by atoms with Gasteiger partial charge in [-0.2, -0.15) is 0 Å². The van der Waals surface area contributed by atoms with Gasteiger partial charge < -0.3 is 4.90 Å². The minimum Gasteiger partial charge on any atom is -0.340 e. The van der Waals surface area contributed by atoms with E-state index in [4.69, 9.17) is 0 Å². The van der Waals surface area contributed by atoms with Crippen molar-refractivity contribution in [2.75, 3.05) is 7.05 Å². The Hall–Kier alpha value is -1.35. The van der Waals surface area contributed by atoms with Gasteiger partial charge >= 0.3 is 0 Å². The fraction of sp³-hybridized carbons (Fsp3) is 0.562. The molecule has 1 aromatic rings. The second-order valence-corrected chi connectivity index (χ2v) is 6.65. The first-order chi connectivity index (χ1) is 8.62. The summed E-state index contributed by atoms with van der Waals surface area (Å²) in [5.74, 6) is 0.103. The van der Waals surface area contributed by atoms with Crippen molar-refractivity contribution in [3.05, 3.63) is 35.9 Å². The third-order valence-corrected chi connectivity index (χ3v) is 2.83. The number of carbonyl (C=O) groups excluding carboxylic acids is 1. The number of rotatable bonds is 4. The van der Waals surface area contributed by atoms with Crippen molar-refractivity contribution in [2.24, 2.45) is 0 Å². The van der Waals surface area contributed by atoms with E-state index in [-0.39, 0.29) is 11.4 Å². The van der Waals surface area contributed by atoms with E-state index in [1.165, 1.54) is 0 Å². The van der Waals surface area contributed by atoms with Gasteiger partial charge in [0.25, 0.3) is 0 Å². The standard InChI is InChI=1S/C16H26N2O/c1-15(2,3)17-16(4,5)14(19)18(6)12-13-10-8-7-9-11-13/h7-11,17H,12H2,1-6H3. The van der Waals surface area contributed by atoms with E-state index >= 15 is 0 Å². The Labute approximate surface area is 117 Å². The van der Waals surface area contributed by atoms with Gasteiger partial charge in [-0.1, -0.05) is 30.3 Å². The molecule has 0 unspecified atom stereocenters. The monoisotopic (exact) mass is 262 g/mol. The van der Waals surface area contributed by atoms with Crippen LogP contribution in [0, 0.1) is 0 Å². The lowest BCUT2D eigenvalue weighted by Crippen LogP contribution is -2.58. The molecule has 0 bridgehead atoms. The molecule has 1 rings (SSSR count). The van der Waals surface area contributed by atoms with Gasteiger partial charge in [-0.3, -0.25) is 10.1 Å². The first-order valence-electron chi connectivity index (χ1n) is 6.71. The first-order valence-corrected chi connectivity index (χ1v) is 6.71. The molecular formula is C16H26N2O. The Morgan fingerprint density at radius 3 is 2.11 bits per heavy atom. The van der Waals surface area contributed by atoms with Gasteiger partial charge in [0.15, 0.2) is 0 Å². The molecule has 106 valence electrons. The number of nitrogens with zero attached hydrogens (tertiary/aromatic N) is 1. The summed E-state index contributed by atoms with van der Waals surface area (Å²) >= 11 is 0. The molecule has 0 saturated heterocycles. The third kappa shape index (κ3) is 5.03. The van der Waals surface area contributed by atoms with Crippen molar-refractivity contribution in [2.45, 2.75) is 52.2 Å². The average molecular weight is 262 g/mol. The van der Waals surface area contributed by atoms with E-state index in [2.05, 4.69) is 26.1 Å². The van der Waals surface area contributed by atoms with Crippen molar-refractivity contribution >= 4 is 5.91 Å². The highest BCUT2D eigenvalue weighted by Gasteiger charge is 2.33. The van der Waals surface area contributed by atoms with Crippen LogP contribution in [0.25, 0.3) is 0 Å². The molecular weight excluding hydrogens is 236 g/mol. The molecule has 3 nitrogen and oxygen atoms in total. The zero-order chi connectivity index (χ0) is 14.7. The molecule has 0 radical (unpaired) electrons. The fourth-order valence-electron chi connectivity index (χ4n) is 2.40. The van der Waals surface area contributed by atoms with Crippen molar-refractivity contribution in [3.8, 4) is 0 Å². The predicted molar refractivity (Wildman–Crippen MR) is 79.9 cm³/mol. The summed E-state index contributed by atoms with van der Waals surface area (Å²) in [4.78, 5) is 14.3. The van der Waals surface area contributed by atoms with Crippen LogP contribution in [-0.2, 0) is 11.3 Å². The van der Waals surface area contributed by atoms with Gasteiger partial charge in [0.1, 0.15) is 0 Å². The van der Waals surface area contributed by atoms with E-state index < -0.39 is 5.54 Å².